The van der Waals surface area contributed by atoms with Crippen molar-refractivity contribution >= 4 is 6.03 Å². The lowest BCUT2D eigenvalue weighted by molar-refractivity contribution is 0.205. The van der Waals surface area contributed by atoms with Gasteiger partial charge in [0.15, 0.2) is 0 Å². The summed E-state index contributed by atoms with van der Waals surface area (Å²) in [5.74, 6) is 1.58. The predicted molar refractivity (Wildman–Crippen MR) is 92.2 cm³/mol. The number of hydrogen-bond donors (Lipinski definition) is 1. The molecule has 0 spiro atoms. The van der Waals surface area contributed by atoms with E-state index in [1.807, 2.05) is 42.5 Å². The second kappa shape index (κ2) is 9.39. The van der Waals surface area contributed by atoms with Gasteiger partial charge in [0.2, 0.25) is 0 Å². The molecule has 0 radical (unpaired) electrons. The zero-order chi connectivity index (χ0) is 17.2. The highest BCUT2D eigenvalue weighted by atomic mass is 16.5. The summed E-state index contributed by atoms with van der Waals surface area (Å²) in [6.45, 7) is 1.58. The van der Waals surface area contributed by atoms with Crippen molar-refractivity contribution in [3.05, 3.63) is 54.4 Å². The molecule has 2 amide bonds. The standard InChI is InChI=1S/C18H23N3O3/c1-21(14-15-6-3-4-11-19-15)18(22)20-12-5-13-24-17-9-7-16(23-2)8-10-17/h3-4,6-11H,5,12-14H2,1-2H3,(H,20,22). The summed E-state index contributed by atoms with van der Waals surface area (Å²) in [4.78, 5) is 17.8. The summed E-state index contributed by atoms with van der Waals surface area (Å²) in [6, 6.07) is 13.0. The van der Waals surface area contributed by atoms with Gasteiger partial charge in [-0.2, -0.15) is 0 Å². The van der Waals surface area contributed by atoms with Crippen LogP contribution in [0.15, 0.2) is 48.7 Å². The molecule has 0 bridgehead atoms. The number of amides is 2. The van der Waals surface area contributed by atoms with Gasteiger partial charge in [-0.15, -0.1) is 0 Å². The van der Waals surface area contributed by atoms with E-state index < -0.39 is 0 Å². The molecule has 1 N–H and O–H groups in total. The third-order valence-corrected chi connectivity index (χ3v) is 3.40. The van der Waals surface area contributed by atoms with Gasteiger partial charge >= 0.3 is 6.03 Å². The minimum absolute atomic E-state index is 0.120. The fourth-order valence-corrected chi connectivity index (χ4v) is 2.07. The number of methoxy groups -OCH3 is 1. The van der Waals surface area contributed by atoms with Crippen molar-refractivity contribution in [1.29, 1.82) is 0 Å². The molecule has 6 nitrogen and oxygen atoms in total. The number of pyridine rings is 1. The van der Waals surface area contributed by atoms with Crippen molar-refractivity contribution in [2.75, 3.05) is 27.3 Å². The molecule has 0 atom stereocenters. The van der Waals surface area contributed by atoms with E-state index in [0.717, 1.165) is 23.6 Å². The predicted octanol–water partition coefficient (Wildman–Crippen LogP) is 2.70. The molecule has 1 aromatic heterocycles. The molecule has 0 saturated heterocycles. The second-order valence-electron chi connectivity index (χ2n) is 5.29. The van der Waals surface area contributed by atoms with Gasteiger partial charge in [-0.1, -0.05) is 6.07 Å². The summed E-state index contributed by atoms with van der Waals surface area (Å²) in [5.41, 5.74) is 0.859. The summed E-state index contributed by atoms with van der Waals surface area (Å²) >= 11 is 0. The Hall–Kier alpha value is -2.76. The van der Waals surface area contributed by atoms with Crippen LogP contribution in [0, 0.1) is 0 Å². The lowest BCUT2D eigenvalue weighted by Gasteiger charge is -2.17. The van der Waals surface area contributed by atoms with Crippen molar-refractivity contribution in [2.45, 2.75) is 13.0 Å². The molecule has 1 aromatic carbocycles. The molecule has 128 valence electrons. The molecule has 0 aliphatic rings. The number of carbonyl (C=O) groups excluding carboxylic acids is 1. The lowest BCUT2D eigenvalue weighted by Crippen LogP contribution is -2.37. The summed E-state index contributed by atoms with van der Waals surface area (Å²) in [6.07, 6.45) is 2.45. The van der Waals surface area contributed by atoms with Crippen LogP contribution in [0.3, 0.4) is 0 Å². The van der Waals surface area contributed by atoms with Gasteiger partial charge in [0.1, 0.15) is 11.5 Å². The van der Waals surface area contributed by atoms with Crippen molar-refractivity contribution in [3.8, 4) is 11.5 Å². The highest BCUT2D eigenvalue weighted by Gasteiger charge is 2.08. The number of benzene rings is 1. The SMILES string of the molecule is COc1ccc(OCCCNC(=O)N(C)Cc2ccccn2)cc1. The first-order valence-corrected chi connectivity index (χ1v) is 7.85. The molecule has 0 fully saturated rings. The Bertz CT molecular complexity index is 617. The minimum atomic E-state index is -0.120. The van der Waals surface area contributed by atoms with Gasteiger partial charge in [0, 0.05) is 19.8 Å². The Morgan fingerprint density at radius 1 is 1.17 bits per heavy atom. The van der Waals surface area contributed by atoms with Gasteiger partial charge in [0.05, 0.1) is 26.0 Å². The van der Waals surface area contributed by atoms with Crippen LogP contribution in [0.1, 0.15) is 12.1 Å². The van der Waals surface area contributed by atoms with E-state index in [0.29, 0.717) is 19.7 Å². The number of urea groups is 1. The van der Waals surface area contributed by atoms with Crippen molar-refractivity contribution in [1.82, 2.24) is 15.2 Å². The topological polar surface area (TPSA) is 63.7 Å². The summed E-state index contributed by atoms with van der Waals surface area (Å²) < 4.78 is 10.7. The van der Waals surface area contributed by atoms with Crippen molar-refractivity contribution < 1.29 is 14.3 Å². The van der Waals surface area contributed by atoms with Crippen molar-refractivity contribution in [2.24, 2.45) is 0 Å². The molecule has 0 unspecified atom stereocenters. The summed E-state index contributed by atoms with van der Waals surface area (Å²) in [7, 11) is 3.38. The zero-order valence-corrected chi connectivity index (χ0v) is 14.1. The molecular formula is C18H23N3O3. The van der Waals surface area contributed by atoms with Crippen LogP contribution >= 0.6 is 0 Å². The van der Waals surface area contributed by atoms with E-state index in [9.17, 15) is 4.79 Å². The van der Waals surface area contributed by atoms with Gasteiger partial charge < -0.3 is 19.7 Å². The van der Waals surface area contributed by atoms with Gasteiger partial charge in [0.25, 0.3) is 0 Å². The Balaban J connectivity index is 1.61. The number of nitrogens with one attached hydrogen (secondary N) is 1. The third kappa shape index (κ3) is 5.79. The first-order valence-electron chi connectivity index (χ1n) is 7.85. The molecule has 2 rings (SSSR count). The third-order valence-electron chi connectivity index (χ3n) is 3.40. The Labute approximate surface area is 142 Å². The van der Waals surface area contributed by atoms with E-state index in [-0.39, 0.29) is 6.03 Å². The van der Waals surface area contributed by atoms with Crippen LogP contribution in [-0.4, -0.2) is 43.2 Å². The van der Waals surface area contributed by atoms with Gasteiger partial charge in [-0.25, -0.2) is 4.79 Å². The summed E-state index contributed by atoms with van der Waals surface area (Å²) in [5, 5.41) is 2.87. The maximum atomic E-state index is 12.0. The Kier molecular flexibility index (Phi) is 6.89. The van der Waals surface area contributed by atoms with E-state index in [4.69, 9.17) is 9.47 Å². The first-order chi connectivity index (χ1) is 11.7. The van der Waals surface area contributed by atoms with Crippen LogP contribution in [0.5, 0.6) is 11.5 Å². The van der Waals surface area contributed by atoms with Gasteiger partial charge in [-0.3, -0.25) is 4.98 Å². The number of aromatic nitrogens is 1. The van der Waals surface area contributed by atoms with Crippen LogP contribution < -0.4 is 14.8 Å². The number of nitrogens with zero attached hydrogens (tertiary/aromatic N) is 2. The highest BCUT2D eigenvalue weighted by molar-refractivity contribution is 5.73. The highest BCUT2D eigenvalue weighted by Crippen LogP contribution is 2.16. The largest absolute Gasteiger partial charge is 0.497 e. The molecule has 1 heterocycles. The zero-order valence-electron chi connectivity index (χ0n) is 14.1. The van der Waals surface area contributed by atoms with Crippen molar-refractivity contribution in [3.63, 3.8) is 0 Å². The maximum absolute atomic E-state index is 12.0. The van der Waals surface area contributed by atoms with E-state index in [2.05, 4.69) is 10.3 Å². The number of hydrogen-bond acceptors (Lipinski definition) is 4. The number of ether oxygens (including phenoxy) is 2. The number of rotatable bonds is 8. The molecule has 0 saturated carbocycles. The smallest absolute Gasteiger partial charge is 0.317 e. The fourth-order valence-electron chi connectivity index (χ4n) is 2.07. The molecular weight excluding hydrogens is 306 g/mol. The minimum Gasteiger partial charge on any atom is -0.497 e. The van der Waals surface area contributed by atoms with E-state index in [1.54, 1.807) is 25.3 Å². The normalized spacial score (nSPS) is 10.1. The second-order valence-corrected chi connectivity index (χ2v) is 5.29. The van der Waals surface area contributed by atoms with Crippen LogP contribution in [0.25, 0.3) is 0 Å². The number of carbonyl (C=O) groups is 1. The quantitative estimate of drug-likeness (QED) is 0.756. The van der Waals surface area contributed by atoms with Gasteiger partial charge in [-0.05, 0) is 42.8 Å². The molecule has 2 aromatic rings. The maximum Gasteiger partial charge on any atom is 0.317 e. The Morgan fingerprint density at radius 3 is 2.58 bits per heavy atom. The van der Waals surface area contributed by atoms with Crippen LogP contribution in [-0.2, 0) is 6.54 Å². The van der Waals surface area contributed by atoms with E-state index >= 15 is 0 Å². The molecule has 0 aliphatic carbocycles. The molecule has 6 heteroatoms. The lowest BCUT2D eigenvalue weighted by atomic mass is 10.3. The first kappa shape index (κ1) is 17.6. The van der Waals surface area contributed by atoms with E-state index in [1.165, 1.54) is 0 Å². The fraction of sp³-hybridized carbons (Fsp3) is 0.333. The molecule has 0 aliphatic heterocycles. The van der Waals surface area contributed by atoms with Crippen LogP contribution in [0.2, 0.25) is 0 Å². The monoisotopic (exact) mass is 329 g/mol. The Morgan fingerprint density at radius 2 is 1.92 bits per heavy atom. The molecule has 24 heavy (non-hydrogen) atoms. The average Bonchev–Trinajstić information content (AvgIpc) is 2.62. The van der Waals surface area contributed by atoms with Crippen LogP contribution in [0.4, 0.5) is 4.79 Å². The average molecular weight is 329 g/mol.